The van der Waals surface area contributed by atoms with E-state index in [-0.39, 0.29) is 30.6 Å². The van der Waals surface area contributed by atoms with Crippen molar-refractivity contribution in [1.82, 2.24) is 14.8 Å². The number of nitrogens with one attached hydrogen (secondary N) is 1. The maximum absolute atomic E-state index is 10.8. The highest BCUT2D eigenvalue weighted by molar-refractivity contribution is 14.0. The Morgan fingerprint density at radius 3 is 2.74 bits per heavy atom. The predicted molar refractivity (Wildman–Crippen MR) is 118 cm³/mol. The zero-order valence-electron chi connectivity index (χ0n) is 16.0. The van der Waals surface area contributed by atoms with Crippen molar-refractivity contribution in [2.45, 2.75) is 20.0 Å². The van der Waals surface area contributed by atoms with Crippen molar-refractivity contribution in [3.05, 3.63) is 53.9 Å². The lowest BCUT2D eigenvalue weighted by Gasteiger charge is -2.22. The van der Waals surface area contributed by atoms with Crippen LogP contribution < -0.4 is 15.8 Å². The molecule has 0 aliphatic heterocycles. The van der Waals surface area contributed by atoms with Crippen molar-refractivity contribution in [3.8, 4) is 5.75 Å². The number of amides is 1. The van der Waals surface area contributed by atoms with Gasteiger partial charge in [-0.05, 0) is 36.8 Å². The fourth-order valence-corrected chi connectivity index (χ4v) is 2.50. The number of carbonyl (C=O) groups excluding carboxylic acids is 1. The van der Waals surface area contributed by atoms with Crippen LogP contribution in [-0.4, -0.2) is 41.5 Å². The van der Waals surface area contributed by atoms with E-state index >= 15 is 0 Å². The lowest BCUT2D eigenvalue weighted by molar-refractivity contribution is -0.119. The Morgan fingerprint density at radius 2 is 2.11 bits per heavy atom. The van der Waals surface area contributed by atoms with Gasteiger partial charge in [0.25, 0.3) is 5.91 Å². The van der Waals surface area contributed by atoms with Crippen LogP contribution in [0.15, 0.2) is 47.6 Å². The Hall–Kier alpha value is -2.23. The summed E-state index contributed by atoms with van der Waals surface area (Å²) in [5.41, 5.74) is 7.31. The van der Waals surface area contributed by atoms with Gasteiger partial charge in [0.1, 0.15) is 5.75 Å². The largest absolute Gasteiger partial charge is 0.484 e. The van der Waals surface area contributed by atoms with Crippen molar-refractivity contribution >= 4 is 35.8 Å². The monoisotopic (exact) mass is 485 g/mol. The van der Waals surface area contributed by atoms with Crippen LogP contribution in [0, 0.1) is 0 Å². The number of carbonyl (C=O) groups is 1. The first-order valence-corrected chi connectivity index (χ1v) is 8.59. The summed E-state index contributed by atoms with van der Waals surface area (Å²) in [7, 11) is 4.05. The molecule has 1 amide bonds. The molecule has 0 saturated carbocycles. The Bertz CT molecular complexity index is 760. The minimum atomic E-state index is -0.495. The van der Waals surface area contributed by atoms with Gasteiger partial charge in [0.15, 0.2) is 12.6 Å². The lowest BCUT2D eigenvalue weighted by atomic mass is 10.2. The van der Waals surface area contributed by atoms with E-state index in [1.807, 2.05) is 51.5 Å². The molecular formula is C19H28IN5O2. The van der Waals surface area contributed by atoms with Crippen molar-refractivity contribution < 1.29 is 9.53 Å². The summed E-state index contributed by atoms with van der Waals surface area (Å²) in [6, 6.07) is 11.6. The molecule has 0 spiro atoms. The maximum atomic E-state index is 10.8. The lowest BCUT2D eigenvalue weighted by Crippen LogP contribution is -2.38. The summed E-state index contributed by atoms with van der Waals surface area (Å²) < 4.78 is 7.44. The van der Waals surface area contributed by atoms with Gasteiger partial charge in [0, 0.05) is 32.5 Å². The van der Waals surface area contributed by atoms with E-state index in [1.165, 1.54) is 5.69 Å². The van der Waals surface area contributed by atoms with Gasteiger partial charge in [-0.2, -0.15) is 0 Å². The molecule has 8 heteroatoms. The van der Waals surface area contributed by atoms with Gasteiger partial charge < -0.3 is 25.3 Å². The highest BCUT2D eigenvalue weighted by atomic mass is 127. The molecule has 0 bridgehead atoms. The molecule has 1 aromatic carbocycles. The standard InChI is InChI=1S/C19H27N5O2.HI/c1-4-21-19(24(3)13-16-8-6-10-23(16)2)22-12-15-7-5-9-17(11-15)26-14-18(20)25;/h5-11H,4,12-14H2,1-3H3,(H2,20,25)(H,21,22);1H. The minimum absolute atomic E-state index is 0. The summed E-state index contributed by atoms with van der Waals surface area (Å²) in [4.78, 5) is 17.6. The number of nitrogens with zero attached hydrogens (tertiary/aromatic N) is 3. The minimum Gasteiger partial charge on any atom is -0.484 e. The van der Waals surface area contributed by atoms with Crippen LogP contribution >= 0.6 is 24.0 Å². The van der Waals surface area contributed by atoms with E-state index in [1.54, 1.807) is 6.07 Å². The van der Waals surface area contributed by atoms with Crippen LogP contribution in [0.25, 0.3) is 0 Å². The van der Waals surface area contributed by atoms with E-state index < -0.39 is 5.91 Å². The molecule has 0 saturated heterocycles. The molecule has 2 rings (SSSR count). The molecule has 0 fully saturated rings. The average Bonchev–Trinajstić information content (AvgIpc) is 3.02. The van der Waals surface area contributed by atoms with Crippen molar-refractivity contribution in [1.29, 1.82) is 0 Å². The number of primary amides is 1. The van der Waals surface area contributed by atoms with E-state index in [0.717, 1.165) is 24.6 Å². The number of ether oxygens (including phenoxy) is 1. The Balaban J connectivity index is 0.00000364. The molecule has 0 atom stereocenters. The van der Waals surface area contributed by atoms with Gasteiger partial charge in [0.05, 0.1) is 13.1 Å². The first kappa shape index (κ1) is 22.8. The third kappa shape index (κ3) is 7.49. The highest BCUT2D eigenvalue weighted by Gasteiger charge is 2.08. The number of benzene rings is 1. The normalized spacial score (nSPS) is 10.9. The molecule has 2 aromatic rings. The maximum Gasteiger partial charge on any atom is 0.255 e. The second-order valence-electron chi connectivity index (χ2n) is 6.04. The number of rotatable bonds is 8. The van der Waals surface area contributed by atoms with Crippen LogP contribution in [0.4, 0.5) is 0 Å². The van der Waals surface area contributed by atoms with Crippen LogP contribution in [0.2, 0.25) is 0 Å². The van der Waals surface area contributed by atoms with Gasteiger partial charge in [0.2, 0.25) is 0 Å². The summed E-state index contributed by atoms with van der Waals surface area (Å²) in [5.74, 6) is 0.945. The average molecular weight is 485 g/mol. The van der Waals surface area contributed by atoms with Gasteiger partial charge in [-0.15, -0.1) is 24.0 Å². The zero-order valence-corrected chi connectivity index (χ0v) is 18.3. The quantitative estimate of drug-likeness (QED) is 0.341. The first-order valence-electron chi connectivity index (χ1n) is 8.59. The molecule has 1 heterocycles. The number of guanidine groups is 1. The topological polar surface area (TPSA) is 84.9 Å². The zero-order chi connectivity index (χ0) is 18.9. The molecule has 7 nitrogen and oxygen atoms in total. The Labute approximate surface area is 177 Å². The second kappa shape index (κ2) is 11.5. The molecule has 0 unspecified atom stereocenters. The summed E-state index contributed by atoms with van der Waals surface area (Å²) in [5, 5.41) is 3.31. The Kier molecular flexibility index (Phi) is 9.70. The summed E-state index contributed by atoms with van der Waals surface area (Å²) >= 11 is 0. The smallest absolute Gasteiger partial charge is 0.255 e. The fourth-order valence-electron chi connectivity index (χ4n) is 2.50. The molecule has 0 aliphatic rings. The van der Waals surface area contributed by atoms with Crippen molar-refractivity contribution in [2.75, 3.05) is 20.2 Å². The molecule has 1 aromatic heterocycles. The molecule has 27 heavy (non-hydrogen) atoms. The van der Waals surface area contributed by atoms with Crippen LogP contribution in [0.1, 0.15) is 18.2 Å². The van der Waals surface area contributed by atoms with Crippen molar-refractivity contribution in [3.63, 3.8) is 0 Å². The number of halogens is 1. The molecule has 0 aliphatic carbocycles. The first-order chi connectivity index (χ1) is 12.5. The third-order valence-corrected chi connectivity index (χ3v) is 3.84. The molecule has 148 valence electrons. The Morgan fingerprint density at radius 1 is 1.33 bits per heavy atom. The number of hydrogen-bond acceptors (Lipinski definition) is 3. The van der Waals surface area contributed by atoms with Gasteiger partial charge in [-0.1, -0.05) is 12.1 Å². The molecule has 0 radical (unpaired) electrons. The summed E-state index contributed by atoms with van der Waals surface area (Å²) in [6.07, 6.45) is 2.03. The van der Waals surface area contributed by atoms with Gasteiger partial charge in [-0.3, -0.25) is 4.79 Å². The van der Waals surface area contributed by atoms with E-state index in [0.29, 0.717) is 12.3 Å². The van der Waals surface area contributed by atoms with Crippen LogP contribution in [-0.2, 0) is 24.9 Å². The van der Waals surface area contributed by atoms with Crippen LogP contribution in [0.5, 0.6) is 5.75 Å². The number of aliphatic imine (C=N–C) groups is 1. The van der Waals surface area contributed by atoms with Crippen molar-refractivity contribution in [2.24, 2.45) is 17.8 Å². The predicted octanol–water partition coefficient (Wildman–Crippen LogP) is 2.10. The van der Waals surface area contributed by atoms with E-state index in [9.17, 15) is 4.79 Å². The van der Waals surface area contributed by atoms with Crippen LogP contribution in [0.3, 0.4) is 0 Å². The molecular weight excluding hydrogens is 457 g/mol. The number of hydrogen-bond donors (Lipinski definition) is 2. The highest BCUT2D eigenvalue weighted by Crippen LogP contribution is 2.14. The molecule has 3 N–H and O–H groups in total. The van der Waals surface area contributed by atoms with Gasteiger partial charge >= 0.3 is 0 Å². The number of aryl methyl sites for hydroxylation is 1. The van der Waals surface area contributed by atoms with Gasteiger partial charge in [-0.25, -0.2) is 4.99 Å². The SMILES string of the molecule is CCNC(=NCc1cccc(OCC(N)=O)c1)N(C)Cc1cccn1C.I. The van der Waals surface area contributed by atoms with E-state index in [4.69, 9.17) is 15.5 Å². The van der Waals surface area contributed by atoms with E-state index in [2.05, 4.69) is 20.9 Å². The third-order valence-electron chi connectivity index (χ3n) is 3.84. The fraction of sp³-hybridized carbons (Fsp3) is 0.368. The number of nitrogens with two attached hydrogens (primary N) is 1. The second-order valence-corrected chi connectivity index (χ2v) is 6.04. The number of aromatic nitrogens is 1. The summed E-state index contributed by atoms with van der Waals surface area (Å²) in [6.45, 7) is 3.97.